The SMILES string of the molecule is C[C@]12C[C@]3(O)OC(O1)[C@@]1(COC(=O)c4ccccc4)C3C[C@@]12O[C@@H]1O[C@H](CO)[C@@H](O)[C@H](O)[C@H]1O.O=C(O)/C=C/C(=O)O. The molecule has 3 aliphatic carbocycles. The minimum absolute atomic E-state index is 0.0902. The maximum absolute atomic E-state index is 12.7. The zero-order chi connectivity index (χ0) is 30.7. The summed E-state index contributed by atoms with van der Waals surface area (Å²) in [7, 11) is 0. The highest BCUT2D eigenvalue weighted by atomic mass is 16.8. The molecule has 4 aliphatic heterocycles. The van der Waals surface area contributed by atoms with Crippen molar-refractivity contribution < 1.29 is 73.8 Å². The highest BCUT2D eigenvalue weighted by Crippen LogP contribution is 2.81. The third-order valence-corrected chi connectivity index (χ3v) is 8.94. The predicted molar refractivity (Wildman–Crippen MR) is 133 cm³/mol. The molecular weight excluding hydrogens is 564 g/mol. The normalized spacial score (nSPS) is 44.3. The first kappa shape index (κ1) is 30.5. The lowest BCUT2D eigenvalue weighted by atomic mass is 9.41. The van der Waals surface area contributed by atoms with Gasteiger partial charge in [0.1, 0.15) is 42.2 Å². The fourth-order valence-corrected chi connectivity index (χ4v) is 7.02. The first-order valence-electron chi connectivity index (χ1n) is 13.2. The van der Waals surface area contributed by atoms with Crippen molar-refractivity contribution in [3.8, 4) is 0 Å². The van der Waals surface area contributed by atoms with Crippen molar-refractivity contribution in [3.05, 3.63) is 48.0 Å². The molecule has 42 heavy (non-hydrogen) atoms. The number of hydrogen-bond donors (Lipinski definition) is 7. The summed E-state index contributed by atoms with van der Waals surface area (Å²) in [5.74, 6) is -5.01. The van der Waals surface area contributed by atoms with E-state index in [2.05, 4.69) is 0 Å². The Bertz CT molecular complexity index is 1240. The van der Waals surface area contributed by atoms with Crippen molar-refractivity contribution in [1.29, 1.82) is 0 Å². The molecule has 8 rings (SSSR count). The van der Waals surface area contributed by atoms with Crippen molar-refractivity contribution in [2.75, 3.05) is 13.2 Å². The third kappa shape index (κ3) is 4.44. The molecule has 7 N–H and O–H groups in total. The van der Waals surface area contributed by atoms with Gasteiger partial charge in [-0.25, -0.2) is 14.4 Å². The van der Waals surface area contributed by atoms with Gasteiger partial charge < -0.3 is 59.4 Å². The second-order valence-electron chi connectivity index (χ2n) is 11.2. The Hall–Kier alpha value is -2.99. The molecule has 0 radical (unpaired) electrons. The van der Waals surface area contributed by atoms with E-state index in [0.29, 0.717) is 17.7 Å². The largest absolute Gasteiger partial charge is 0.478 e. The van der Waals surface area contributed by atoms with Gasteiger partial charge in [0.2, 0.25) is 0 Å². The molecule has 15 nitrogen and oxygen atoms in total. The van der Waals surface area contributed by atoms with Crippen LogP contribution in [0, 0.1) is 11.3 Å². The summed E-state index contributed by atoms with van der Waals surface area (Å²) in [5, 5.41) is 67.3. The Morgan fingerprint density at radius 2 is 1.64 bits per heavy atom. The molecule has 15 heteroatoms. The molecule has 0 spiro atoms. The van der Waals surface area contributed by atoms with Crippen LogP contribution in [0.25, 0.3) is 0 Å². The van der Waals surface area contributed by atoms with Gasteiger partial charge in [0, 0.05) is 24.5 Å². The summed E-state index contributed by atoms with van der Waals surface area (Å²) in [6.45, 7) is 0.985. The lowest BCUT2D eigenvalue weighted by Gasteiger charge is -2.67. The van der Waals surface area contributed by atoms with Crippen LogP contribution in [0.2, 0.25) is 0 Å². The summed E-state index contributed by atoms with van der Waals surface area (Å²) < 4.78 is 29.7. The van der Waals surface area contributed by atoms with Crippen LogP contribution in [0.15, 0.2) is 42.5 Å². The van der Waals surface area contributed by atoms with Gasteiger partial charge >= 0.3 is 17.9 Å². The van der Waals surface area contributed by atoms with E-state index < -0.39 is 89.8 Å². The van der Waals surface area contributed by atoms with E-state index in [1.54, 1.807) is 37.3 Å². The van der Waals surface area contributed by atoms with E-state index in [1.807, 2.05) is 0 Å². The van der Waals surface area contributed by atoms with Gasteiger partial charge in [-0.15, -0.1) is 0 Å². The molecule has 4 saturated heterocycles. The van der Waals surface area contributed by atoms with Crippen LogP contribution >= 0.6 is 0 Å². The number of carbonyl (C=O) groups is 3. The summed E-state index contributed by atoms with van der Waals surface area (Å²) in [6, 6.07) is 8.47. The number of aliphatic hydroxyl groups is 5. The van der Waals surface area contributed by atoms with E-state index in [4.69, 9.17) is 33.9 Å². The van der Waals surface area contributed by atoms with Crippen LogP contribution in [0.4, 0.5) is 0 Å². The molecule has 0 aromatic heterocycles. The molecule has 4 heterocycles. The molecule has 0 amide bonds. The average molecular weight is 597 g/mol. The number of aliphatic hydroxyl groups excluding tert-OH is 4. The van der Waals surface area contributed by atoms with E-state index in [9.17, 15) is 39.9 Å². The fourth-order valence-electron chi connectivity index (χ4n) is 7.02. The molecule has 6 bridgehead atoms. The second-order valence-corrected chi connectivity index (χ2v) is 11.2. The number of hydrogen-bond acceptors (Lipinski definition) is 13. The highest BCUT2D eigenvalue weighted by Gasteiger charge is 2.94. The summed E-state index contributed by atoms with van der Waals surface area (Å²) in [5.41, 5.74) is -2.99. The average Bonchev–Trinajstić information content (AvgIpc) is 3.13. The second kappa shape index (κ2) is 10.6. The lowest BCUT2D eigenvalue weighted by molar-refractivity contribution is -0.424. The quantitative estimate of drug-likeness (QED) is 0.131. The van der Waals surface area contributed by atoms with Crippen LogP contribution in [0.1, 0.15) is 30.1 Å². The van der Waals surface area contributed by atoms with Gasteiger partial charge in [0.15, 0.2) is 18.4 Å². The van der Waals surface area contributed by atoms with Crippen molar-refractivity contribution in [3.63, 3.8) is 0 Å². The molecule has 3 saturated carbocycles. The number of esters is 1. The predicted octanol–water partition coefficient (Wildman–Crippen LogP) is -1.65. The summed E-state index contributed by atoms with van der Waals surface area (Å²) in [6.07, 6.45) is -6.76. The lowest BCUT2D eigenvalue weighted by Crippen LogP contribution is -2.80. The highest BCUT2D eigenvalue weighted by molar-refractivity contribution is 5.90. The Morgan fingerprint density at radius 1 is 1.00 bits per heavy atom. The van der Waals surface area contributed by atoms with Crippen LogP contribution in [-0.2, 0) is 33.3 Å². The van der Waals surface area contributed by atoms with Gasteiger partial charge in [0.05, 0.1) is 17.6 Å². The van der Waals surface area contributed by atoms with Gasteiger partial charge in [0.25, 0.3) is 0 Å². The number of carboxylic acids is 2. The van der Waals surface area contributed by atoms with Crippen molar-refractivity contribution in [2.45, 2.75) is 73.8 Å². The van der Waals surface area contributed by atoms with Crippen molar-refractivity contribution in [1.82, 2.24) is 0 Å². The molecule has 11 atom stereocenters. The first-order chi connectivity index (χ1) is 19.7. The summed E-state index contributed by atoms with van der Waals surface area (Å²) >= 11 is 0. The van der Waals surface area contributed by atoms with Gasteiger partial charge in [-0.3, -0.25) is 0 Å². The number of rotatable bonds is 8. The number of carboxylic acid groups (broad SMARTS) is 2. The number of aliphatic carboxylic acids is 2. The Kier molecular flexibility index (Phi) is 7.71. The Morgan fingerprint density at radius 3 is 2.24 bits per heavy atom. The minimum atomic E-state index is -1.61. The van der Waals surface area contributed by atoms with Gasteiger partial charge in [-0.05, 0) is 25.5 Å². The molecule has 7 fully saturated rings. The standard InChI is InChI=1S/C23H28O11.C4H4O4/c1-20-9-22(29)13-7-23(20,32-18-16(27)15(26)14(25)12(8-24)31-18)21(13,19(33-20)34-22)10-30-17(28)11-5-3-2-4-6-11;5-3(6)1-2-4(7)8/h2-6,12-16,18-19,24-27,29H,7-10H2,1H3;1-2H,(H,5,6)(H,7,8)/b;2-1+/t12-,13?,14-,15+,16-,18+,19?,20-,21-,22+,23+;/m1./s1. The molecule has 2 unspecified atom stereocenters. The van der Waals surface area contributed by atoms with Crippen molar-refractivity contribution in [2.24, 2.45) is 11.3 Å². The van der Waals surface area contributed by atoms with Crippen LogP contribution in [0.5, 0.6) is 0 Å². The monoisotopic (exact) mass is 596 g/mol. The van der Waals surface area contributed by atoms with Gasteiger partial charge in [-0.1, -0.05) is 18.2 Å². The number of benzene rings is 1. The van der Waals surface area contributed by atoms with E-state index in [0.717, 1.165) is 0 Å². The molecule has 1 aromatic carbocycles. The fraction of sp³-hybridized carbons (Fsp3) is 0.593. The smallest absolute Gasteiger partial charge is 0.338 e. The maximum atomic E-state index is 12.7. The van der Waals surface area contributed by atoms with Gasteiger partial charge in [-0.2, -0.15) is 0 Å². The molecular formula is C27H32O15. The topological polar surface area (TPSA) is 239 Å². The van der Waals surface area contributed by atoms with Crippen LogP contribution in [-0.4, -0.2) is 121 Å². The van der Waals surface area contributed by atoms with E-state index >= 15 is 0 Å². The molecule has 230 valence electrons. The zero-order valence-electron chi connectivity index (χ0n) is 22.3. The Balaban J connectivity index is 0.000000390. The first-order valence-corrected chi connectivity index (χ1v) is 13.2. The zero-order valence-corrected chi connectivity index (χ0v) is 22.3. The van der Waals surface area contributed by atoms with Crippen LogP contribution in [0.3, 0.4) is 0 Å². The Labute approximate surface area is 238 Å². The molecule has 7 aliphatic rings. The number of ether oxygens (including phenoxy) is 5. The number of carbonyl (C=O) groups excluding carboxylic acids is 1. The maximum Gasteiger partial charge on any atom is 0.338 e. The summed E-state index contributed by atoms with van der Waals surface area (Å²) in [4.78, 5) is 31.8. The molecule has 1 aromatic rings. The minimum Gasteiger partial charge on any atom is -0.478 e. The van der Waals surface area contributed by atoms with Crippen LogP contribution < -0.4 is 0 Å². The third-order valence-electron chi connectivity index (χ3n) is 8.94. The van der Waals surface area contributed by atoms with Crippen molar-refractivity contribution >= 4 is 17.9 Å². The van der Waals surface area contributed by atoms with E-state index in [1.165, 1.54) is 0 Å². The van der Waals surface area contributed by atoms with E-state index in [-0.39, 0.29) is 19.4 Å².